The van der Waals surface area contributed by atoms with Crippen LogP contribution in [0, 0.1) is 13.8 Å². The largest absolute Gasteiger partial charge is 0.494 e. The number of amides is 3. The van der Waals surface area contributed by atoms with Crippen molar-refractivity contribution in [2.75, 3.05) is 17.2 Å². The Morgan fingerprint density at radius 2 is 1.79 bits per heavy atom. The van der Waals surface area contributed by atoms with E-state index in [1.165, 1.54) is 4.90 Å². The van der Waals surface area contributed by atoms with Gasteiger partial charge in [0.25, 0.3) is 11.8 Å². The minimum atomic E-state index is -1.01. The third kappa shape index (κ3) is 5.65. The van der Waals surface area contributed by atoms with Crippen LogP contribution < -0.4 is 26.4 Å². The highest BCUT2D eigenvalue weighted by Gasteiger charge is 2.37. The van der Waals surface area contributed by atoms with E-state index < -0.39 is 17.9 Å². The minimum Gasteiger partial charge on any atom is -0.494 e. The maximum Gasteiger partial charge on any atom is 0.273 e. The average molecular weight is 536 g/mol. The van der Waals surface area contributed by atoms with Gasteiger partial charge in [0.2, 0.25) is 5.91 Å². The molecule has 1 atom stereocenters. The lowest BCUT2D eigenvalue weighted by Crippen LogP contribution is -2.46. The molecule has 0 bridgehead atoms. The number of nitrogens with one attached hydrogen (secondary N) is 1. The Balaban J connectivity index is 1.86. The van der Waals surface area contributed by atoms with E-state index in [2.05, 4.69) is 9.69 Å². The van der Waals surface area contributed by atoms with Crippen LogP contribution in [-0.2, 0) is 4.79 Å². The topological polar surface area (TPSA) is 141 Å². The molecule has 1 aliphatic rings. The Kier molecular flexibility index (Phi) is 8.31. The van der Waals surface area contributed by atoms with Crippen molar-refractivity contribution in [1.29, 1.82) is 0 Å². The summed E-state index contributed by atoms with van der Waals surface area (Å²) < 4.78 is 9.61. The summed E-state index contributed by atoms with van der Waals surface area (Å²) in [6.07, 6.45) is 3.88. The monoisotopic (exact) mass is 535 g/mol. The molecule has 3 aromatic rings. The van der Waals surface area contributed by atoms with E-state index in [9.17, 15) is 14.4 Å². The predicted octanol–water partition coefficient (Wildman–Crippen LogP) is 4.29. The lowest BCUT2D eigenvalue weighted by molar-refractivity contribution is -0.123. The van der Waals surface area contributed by atoms with Gasteiger partial charge in [0.15, 0.2) is 5.69 Å². The van der Waals surface area contributed by atoms with Gasteiger partial charge in [0, 0.05) is 11.7 Å². The van der Waals surface area contributed by atoms with Crippen LogP contribution in [0.4, 0.5) is 11.4 Å². The molecule has 3 amide bonds. The van der Waals surface area contributed by atoms with E-state index in [4.69, 9.17) is 16.2 Å². The van der Waals surface area contributed by atoms with Crippen LogP contribution in [0.15, 0.2) is 42.5 Å². The molecule has 9 nitrogen and oxygen atoms in total. The molecule has 200 valence electrons. The van der Waals surface area contributed by atoms with Crippen LogP contribution in [0.5, 0.6) is 5.75 Å². The second-order valence-corrected chi connectivity index (χ2v) is 10.2. The average Bonchev–Trinajstić information content (AvgIpc) is 3.54. The molecule has 1 aliphatic carbocycles. The number of nitrogens with two attached hydrogens (primary N) is 2. The third-order valence-electron chi connectivity index (χ3n) is 6.86. The first-order valence-corrected chi connectivity index (χ1v) is 13.5. The second kappa shape index (κ2) is 11.6. The van der Waals surface area contributed by atoms with Gasteiger partial charge >= 0.3 is 0 Å². The zero-order valence-corrected chi connectivity index (χ0v) is 22.6. The summed E-state index contributed by atoms with van der Waals surface area (Å²) in [5, 5.41) is 3.16. The fourth-order valence-corrected chi connectivity index (χ4v) is 5.42. The molecule has 0 saturated heterocycles. The summed E-state index contributed by atoms with van der Waals surface area (Å²) in [7, 11) is 0. The van der Waals surface area contributed by atoms with Gasteiger partial charge in [-0.3, -0.25) is 19.3 Å². The van der Waals surface area contributed by atoms with E-state index in [0.29, 0.717) is 23.6 Å². The van der Waals surface area contributed by atoms with Crippen molar-refractivity contribution in [2.24, 2.45) is 5.73 Å². The number of nitrogen functional groups attached to an aromatic ring is 1. The number of ether oxygens (including phenoxy) is 1. The summed E-state index contributed by atoms with van der Waals surface area (Å²) in [4.78, 5) is 41.4. The minimum absolute atomic E-state index is 0.0411. The lowest BCUT2D eigenvalue weighted by Gasteiger charge is -2.32. The molecule has 0 unspecified atom stereocenters. The zero-order valence-electron chi connectivity index (χ0n) is 21.8. The first-order chi connectivity index (χ1) is 18.2. The lowest BCUT2D eigenvalue weighted by atomic mass is 10.0. The Morgan fingerprint density at radius 1 is 1.11 bits per heavy atom. The van der Waals surface area contributed by atoms with E-state index in [-0.39, 0.29) is 28.2 Å². The van der Waals surface area contributed by atoms with Crippen molar-refractivity contribution >= 4 is 40.6 Å². The molecule has 0 spiro atoms. The van der Waals surface area contributed by atoms with Crippen LogP contribution in [0.25, 0.3) is 0 Å². The van der Waals surface area contributed by atoms with Crippen molar-refractivity contribution < 1.29 is 19.1 Å². The van der Waals surface area contributed by atoms with Crippen molar-refractivity contribution in [1.82, 2.24) is 9.69 Å². The normalized spacial score (nSPS) is 14.2. The molecular formula is C28H33N5O4S. The summed E-state index contributed by atoms with van der Waals surface area (Å²) in [6.45, 7) is 6.32. The quantitative estimate of drug-likeness (QED) is 0.373. The number of carbonyl (C=O) groups excluding carboxylic acids is 3. The predicted molar refractivity (Wildman–Crippen MR) is 149 cm³/mol. The third-order valence-corrected chi connectivity index (χ3v) is 7.71. The first-order valence-electron chi connectivity index (χ1n) is 12.7. The number of carbonyl (C=O) groups is 3. The maximum absolute atomic E-state index is 14.2. The molecule has 38 heavy (non-hydrogen) atoms. The standard InChI is InChI=1S/C28H33N5O4S/c1-4-37-21-13-10-18(11-14-21)24(27(35)31-19-7-5-6-8-19)33(20-12-9-16(2)17(3)15-20)28(36)25-22(29)23(26(30)34)32-38-25/h9-15,19,24H,4-8,29H2,1-3H3,(H2,30,34)(H,31,35)/t24-/m1/s1. The number of primary amides is 1. The molecule has 1 fully saturated rings. The zero-order chi connectivity index (χ0) is 27.4. The fraction of sp³-hybridized carbons (Fsp3) is 0.357. The van der Waals surface area contributed by atoms with E-state index >= 15 is 0 Å². The molecule has 1 aromatic heterocycles. The number of hydrogen-bond donors (Lipinski definition) is 3. The van der Waals surface area contributed by atoms with E-state index in [0.717, 1.165) is 48.3 Å². The van der Waals surface area contributed by atoms with Gasteiger partial charge in [0.05, 0.1) is 12.3 Å². The van der Waals surface area contributed by atoms with Crippen LogP contribution in [0.1, 0.15) is 75.5 Å². The molecule has 1 saturated carbocycles. The molecule has 2 aromatic carbocycles. The van der Waals surface area contributed by atoms with E-state index in [1.807, 2.05) is 32.9 Å². The molecule has 4 rings (SSSR count). The highest BCUT2D eigenvalue weighted by Crippen LogP contribution is 2.35. The van der Waals surface area contributed by atoms with Crippen molar-refractivity contribution in [3.05, 3.63) is 69.7 Å². The van der Waals surface area contributed by atoms with Crippen LogP contribution in [0.3, 0.4) is 0 Å². The number of anilines is 2. The van der Waals surface area contributed by atoms with Crippen molar-refractivity contribution in [3.8, 4) is 5.75 Å². The van der Waals surface area contributed by atoms with E-state index in [1.54, 1.807) is 30.3 Å². The summed E-state index contributed by atoms with van der Waals surface area (Å²) in [5.74, 6) is -1.01. The number of rotatable bonds is 9. The Hall–Kier alpha value is -3.92. The van der Waals surface area contributed by atoms with Crippen LogP contribution in [0.2, 0.25) is 0 Å². The van der Waals surface area contributed by atoms with Gasteiger partial charge in [-0.2, -0.15) is 4.37 Å². The fourth-order valence-electron chi connectivity index (χ4n) is 4.68. The molecule has 0 radical (unpaired) electrons. The summed E-state index contributed by atoms with van der Waals surface area (Å²) >= 11 is 0.790. The summed E-state index contributed by atoms with van der Waals surface area (Å²) in [6, 6.07) is 11.7. The number of hydrogen-bond acceptors (Lipinski definition) is 7. The first kappa shape index (κ1) is 27.1. The van der Waals surface area contributed by atoms with Gasteiger partial charge in [-0.25, -0.2) is 0 Å². The van der Waals surface area contributed by atoms with Gasteiger partial charge in [0.1, 0.15) is 16.7 Å². The molecular weight excluding hydrogens is 502 g/mol. The van der Waals surface area contributed by atoms with Crippen molar-refractivity contribution in [3.63, 3.8) is 0 Å². The number of benzene rings is 2. The Bertz CT molecular complexity index is 1330. The molecule has 5 N–H and O–H groups in total. The van der Waals surface area contributed by atoms with Crippen molar-refractivity contribution in [2.45, 2.75) is 58.5 Å². The highest BCUT2D eigenvalue weighted by molar-refractivity contribution is 7.09. The van der Waals surface area contributed by atoms with Gasteiger partial charge in [-0.1, -0.05) is 31.0 Å². The summed E-state index contributed by atoms with van der Waals surface area (Å²) in [5.41, 5.74) is 14.4. The highest BCUT2D eigenvalue weighted by atomic mass is 32.1. The Morgan fingerprint density at radius 3 is 2.37 bits per heavy atom. The smallest absolute Gasteiger partial charge is 0.273 e. The Labute approximate surface area is 226 Å². The molecule has 10 heteroatoms. The molecule has 0 aliphatic heterocycles. The van der Waals surface area contributed by atoms with Gasteiger partial charge < -0.3 is 21.5 Å². The van der Waals surface area contributed by atoms with Crippen LogP contribution in [-0.4, -0.2) is 34.7 Å². The maximum atomic E-state index is 14.2. The SMILES string of the molecule is CCOc1ccc([C@H](C(=O)NC2CCCC2)N(C(=O)c2snc(C(N)=O)c2N)c2ccc(C)c(C)c2)cc1. The van der Waals surface area contributed by atoms with Gasteiger partial charge in [-0.05, 0) is 86.1 Å². The van der Waals surface area contributed by atoms with Crippen LogP contribution >= 0.6 is 11.5 Å². The second-order valence-electron chi connectivity index (χ2n) is 9.48. The number of aromatic nitrogens is 1. The molecule has 1 heterocycles. The number of nitrogens with zero attached hydrogens (tertiary/aromatic N) is 2. The van der Waals surface area contributed by atoms with Gasteiger partial charge in [-0.15, -0.1) is 0 Å². The number of aryl methyl sites for hydroxylation is 2.